The molecule has 0 amide bonds. The van der Waals surface area contributed by atoms with E-state index in [2.05, 4.69) is 12.2 Å². The number of benzene rings is 1. The molecule has 2 N–H and O–H groups in total. The number of halogens is 2. The van der Waals surface area contributed by atoms with Crippen LogP contribution in [0.5, 0.6) is 0 Å². The minimum absolute atomic E-state index is 0.0191. The summed E-state index contributed by atoms with van der Waals surface area (Å²) in [5, 5.41) is 11.5. The van der Waals surface area contributed by atoms with Gasteiger partial charge in [-0.3, -0.25) is 0 Å². The molecule has 5 heteroatoms. The maximum Gasteiger partial charge on any atom is 0.338 e. The minimum atomic E-state index is -1.47. The van der Waals surface area contributed by atoms with Gasteiger partial charge in [0.1, 0.15) is 0 Å². The minimum Gasteiger partial charge on any atom is -0.478 e. The largest absolute Gasteiger partial charge is 0.478 e. The zero-order valence-corrected chi connectivity index (χ0v) is 10.1. The second-order valence-electron chi connectivity index (χ2n) is 5.11. The Balaban J connectivity index is 2.14. The molecule has 1 aliphatic carbocycles. The van der Waals surface area contributed by atoms with Crippen molar-refractivity contribution in [2.75, 3.05) is 11.9 Å². The van der Waals surface area contributed by atoms with Crippen molar-refractivity contribution in [2.45, 2.75) is 26.2 Å². The van der Waals surface area contributed by atoms with E-state index >= 15 is 0 Å². The number of hydrogen-bond donors (Lipinski definition) is 2. The molecule has 0 unspecified atom stereocenters. The van der Waals surface area contributed by atoms with E-state index in [9.17, 15) is 13.6 Å². The van der Waals surface area contributed by atoms with Crippen LogP contribution in [0.2, 0.25) is 0 Å². The Morgan fingerprint density at radius 1 is 1.39 bits per heavy atom. The van der Waals surface area contributed by atoms with Gasteiger partial charge in [-0.1, -0.05) is 13.3 Å². The highest BCUT2D eigenvalue weighted by Gasteiger charge is 2.31. The molecular formula is C13H15F2NO2. The van der Waals surface area contributed by atoms with Crippen molar-refractivity contribution in [1.29, 1.82) is 0 Å². The van der Waals surface area contributed by atoms with E-state index in [-0.39, 0.29) is 11.1 Å². The third-order valence-electron chi connectivity index (χ3n) is 3.58. The molecule has 0 aliphatic heterocycles. The number of anilines is 1. The summed E-state index contributed by atoms with van der Waals surface area (Å²) in [7, 11) is 0. The van der Waals surface area contributed by atoms with Crippen LogP contribution in [-0.4, -0.2) is 17.6 Å². The average molecular weight is 255 g/mol. The van der Waals surface area contributed by atoms with Gasteiger partial charge in [0.25, 0.3) is 0 Å². The van der Waals surface area contributed by atoms with Crippen LogP contribution in [0.25, 0.3) is 0 Å². The Hall–Kier alpha value is -1.65. The zero-order chi connectivity index (χ0) is 13.3. The monoisotopic (exact) mass is 255 g/mol. The summed E-state index contributed by atoms with van der Waals surface area (Å²) in [6, 6.07) is 2.34. The molecule has 98 valence electrons. The highest BCUT2D eigenvalue weighted by Crippen LogP contribution is 2.40. The van der Waals surface area contributed by atoms with Crippen LogP contribution in [0.15, 0.2) is 12.1 Å². The van der Waals surface area contributed by atoms with Gasteiger partial charge in [0.05, 0.1) is 11.3 Å². The van der Waals surface area contributed by atoms with E-state index in [0.29, 0.717) is 6.54 Å². The first kappa shape index (κ1) is 12.8. The summed E-state index contributed by atoms with van der Waals surface area (Å²) in [4.78, 5) is 10.6. The van der Waals surface area contributed by atoms with Crippen LogP contribution in [0.3, 0.4) is 0 Å². The quantitative estimate of drug-likeness (QED) is 0.868. The lowest BCUT2D eigenvalue weighted by Crippen LogP contribution is -2.33. The normalized spacial score (nSPS) is 17.1. The van der Waals surface area contributed by atoms with E-state index in [1.54, 1.807) is 0 Å². The maximum absolute atomic E-state index is 13.6. The Bertz CT molecular complexity index is 484. The second kappa shape index (κ2) is 4.55. The Kier molecular flexibility index (Phi) is 3.24. The predicted molar refractivity (Wildman–Crippen MR) is 63.8 cm³/mol. The molecule has 1 aromatic rings. The number of nitrogens with one attached hydrogen (secondary N) is 1. The molecule has 0 spiro atoms. The number of hydrogen-bond acceptors (Lipinski definition) is 2. The first-order valence-corrected chi connectivity index (χ1v) is 5.88. The van der Waals surface area contributed by atoms with Crippen molar-refractivity contribution >= 4 is 11.7 Å². The smallest absolute Gasteiger partial charge is 0.338 e. The van der Waals surface area contributed by atoms with Gasteiger partial charge in [-0.25, -0.2) is 13.6 Å². The van der Waals surface area contributed by atoms with Crippen LogP contribution in [0.1, 0.15) is 36.5 Å². The molecule has 0 atom stereocenters. The number of carbonyl (C=O) groups is 1. The van der Waals surface area contributed by atoms with Crippen molar-refractivity contribution in [3.05, 3.63) is 29.3 Å². The highest BCUT2D eigenvalue weighted by atomic mass is 19.2. The van der Waals surface area contributed by atoms with Gasteiger partial charge in [-0.05, 0) is 30.4 Å². The van der Waals surface area contributed by atoms with Crippen LogP contribution in [0, 0.1) is 17.0 Å². The second-order valence-corrected chi connectivity index (χ2v) is 5.11. The van der Waals surface area contributed by atoms with Crippen molar-refractivity contribution in [1.82, 2.24) is 0 Å². The van der Waals surface area contributed by atoms with Crippen LogP contribution in [0.4, 0.5) is 14.5 Å². The number of carboxylic acids is 1. The van der Waals surface area contributed by atoms with Gasteiger partial charge in [0, 0.05) is 6.54 Å². The van der Waals surface area contributed by atoms with E-state index in [4.69, 9.17) is 5.11 Å². The lowest BCUT2D eigenvalue weighted by Gasteiger charge is -2.38. The molecule has 1 aliphatic rings. The molecule has 18 heavy (non-hydrogen) atoms. The van der Waals surface area contributed by atoms with E-state index in [1.165, 1.54) is 6.07 Å². The lowest BCUT2D eigenvalue weighted by atomic mass is 9.70. The van der Waals surface area contributed by atoms with Crippen LogP contribution < -0.4 is 5.32 Å². The van der Waals surface area contributed by atoms with Crippen molar-refractivity contribution in [3.63, 3.8) is 0 Å². The number of aromatic carboxylic acids is 1. The molecule has 0 saturated heterocycles. The Morgan fingerprint density at radius 3 is 2.56 bits per heavy atom. The van der Waals surface area contributed by atoms with Crippen molar-refractivity contribution in [2.24, 2.45) is 5.41 Å². The predicted octanol–water partition coefficient (Wildman–Crippen LogP) is 3.27. The van der Waals surface area contributed by atoms with Gasteiger partial charge in [-0.15, -0.1) is 0 Å². The summed E-state index contributed by atoms with van der Waals surface area (Å²) < 4.78 is 27.1. The molecule has 0 aromatic heterocycles. The molecule has 0 radical (unpaired) electrons. The Labute approximate surface area is 104 Å². The van der Waals surface area contributed by atoms with E-state index < -0.39 is 23.2 Å². The molecule has 2 rings (SSSR count). The molecule has 3 nitrogen and oxygen atoms in total. The fraction of sp³-hybridized carbons (Fsp3) is 0.462. The third kappa shape index (κ3) is 2.30. The number of carboxylic acid groups (broad SMARTS) is 1. The fourth-order valence-electron chi connectivity index (χ4n) is 2.12. The highest BCUT2D eigenvalue weighted by molar-refractivity contribution is 5.88. The first-order valence-electron chi connectivity index (χ1n) is 5.88. The van der Waals surface area contributed by atoms with E-state index in [0.717, 1.165) is 25.3 Å². The molecule has 1 aromatic carbocycles. The molecule has 0 heterocycles. The van der Waals surface area contributed by atoms with Gasteiger partial charge in [-0.2, -0.15) is 0 Å². The van der Waals surface area contributed by atoms with E-state index in [1.807, 2.05) is 0 Å². The first-order chi connectivity index (χ1) is 8.43. The lowest BCUT2D eigenvalue weighted by molar-refractivity contribution is 0.0690. The SMILES string of the molecule is CC1(CNc2ccc(C(=O)O)c(F)c2F)CCC1. The summed E-state index contributed by atoms with van der Waals surface area (Å²) in [6.45, 7) is 2.65. The number of rotatable bonds is 4. The summed E-state index contributed by atoms with van der Waals surface area (Å²) >= 11 is 0. The van der Waals surface area contributed by atoms with Crippen molar-refractivity contribution in [3.8, 4) is 0 Å². The van der Waals surface area contributed by atoms with Gasteiger partial charge in [0.2, 0.25) is 0 Å². The zero-order valence-electron chi connectivity index (χ0n) is 10.1. The van der Waals surface area contributed by atoms with Crippen molar-refractivity contribution < 1.29 is 18.7 Å². The molecule has 1 saturated carbocycles. The summed E-state index contributed by atoms with van der Waals surface area (Å²) in [5.41, 5.74) is -0.493. The van der Waals surface area contributed by atoms with Gasteiger partial charge in [0.15, 0.2) is 11.6 Å². The van der Waals surface area contributed by atoms with Gasteiger partial charge < -0.3 is 10.4 Å². The maximum atomic E-state index is 13.6. The average Bonchev–Trinajstić information content (AvgIpc) is 2.28. The molecular weight excluding hydrogens is 240 g/mol. The Morgan fingerprint density at radius 2 is 2.06 bits per heavy atom. The third-order valence-corrected chi connectivity index (χ3v) is 3.58. The fourth-order valence-corrected chi connectivity index (χ4v) is 2.12. The molecule has 1 fully saturated rings. The standard InChI is InChI=1S/C13H15F2NO2/c1-13(5-2-6-13)7-16-9-4-3-8(12(17)18)10(14)11(9)15/h3-4,16H,2,5-7H2,1H3,(H,17,18). The van der Waals surface area contributed by atoms with Crippen LogP contribution in [-0.2, 0) is 0 Å². The van der Waals surface area contributed by atoms with Gasteiger partial charge >= 0.3 is 5.97 Å². The summed E-state index contributed by atoms with van der Waals surface area (Å²) in [6.07, 6.45) is 3.29. The van der Waals surface area contributed by atoms with Crippen LogP contribution >= 0.6 is 0 Å². The molecule has 0 bridgehead atoms. The topological polar surface area (TPSA) is 49.3 Å². The summed E-state index contributed by atoms with van der Waals surface area (Å²) in [5.74, 6) is -3.91.